The van der Waals surface area contributed by atoms with E-state index in [0.29, 0.717) is 18.3 Å². The fourth-order valence-electron chi connectivity index (χ4n) is 1.60. The van der Waals surface area contributed by atoms with Crippen LogP contribution in [0.2, 0.25) is 0 Å². The van der Waals surface area contributed by atoms with Crippen LogP contribution in [0.3, 0.4) is 0 Å². The van der Waals surface area contributed by atoms with Gasteiger partial charge in [-0.15, -0.1) is 0 Å². The molecule has 10 nitrogen and oxygen atoms in total. The van der Waals surface area contributed by atoms with Crippen LogP contribution in [-0.2, 0) is 0 Å². The Bertz CT molecular complexity index is 530. The van der Waals surface area contributed by atoms with Gasteiger partial charge in [-0.2, -0.15) is 24.7 Å². The predicted octanol–water partition coefficient (Wildman–Crippen LogP) is -0.689. The number of aliphatic hydroxyl groups excluding tert-OH is 1. The fourth-order valence-corrected chi connectivity index (χ4v) is 1.60. The zero-order chi connectivity index (χ0) is 14.4. The van der Waals surface area contributed by atoms with Crippen LogP contribution in [0.25, 0.3) is 5.95 Å². The minimum atomic E-state index is 0.110. The molecule has 108 valence electrons. The van der Waals surface area contributed by atoms with Gasteiger partial charge in [0.25, 0.3) is 5.95 Å². The van der Waals surface area contributed by atoms with Crippen LogP contribution < -0.4 is 16.6 Å². The van der Waals surface area contributed by atoms with Crippen LogP contribution in [0.1, 0.15) is 19.8 Å². The molecular formula is C10H17N9O. The Morgan fingerprint density at radius 1 is 1.35 bits per heavy atom. The molecule has 0 bridgehead atoms. The number of aromatic nitrogens is 6. The van der Waals surface area contributed by atoms with E-state index in [1.54, 1.807) is 0 Å². The summed E-state index contributed by atoms with van der Waals surface area (Å²) < 4.78 is 1.41. The molecule has 2 aromatic rings. The first-order valence-electron chi connectivity index (χ1n) is 6.18. The molecule has 0 amide bonds. The first kappa shape index (κ1) is 14.1. The van der Waals surface area contributed by atoms with Gasteiger partial charge in [-0.05, 0) is 19.8 Å². The van der Waals surface area contributed by atoms with E-state index in [1.165, 1.54) is 17.3 Å². The lowest BCUT2D eigenvalue weighted by atomic mass is 10.2. The molecule has 2 aromatic heterocycles. The lowest BCUT2D eigenvalue weighted by molar-refractivity contribution is 0.282. The highest BCUT2D eigenvalue weighted by atomic mass is 16.2. The van der Waals surface area contributed by atoms with Crippen LogP contribution in [0, 0.1) is 0 Å². The topological polar surface area (TPSA) is 140 Å². The highest BCUT2D eigenvalue weighted by molar-refractivity contribution is 5.37. The van der Waals surface area contributed by atoms with Gasteiger partial charge in [-0.1, -0.05) is 0 Å². The maximum absolute atomic E-state index is 8.82. The molecule has 0 fully saturated rings. The second-order valence-electron chi connectivity index (χ2n) is 4.18. The Balaban J connectivity index is 2.18. The summed E-state index contributed by atoms with van der Waals surface area (Å²) in [5.41, 5.74) is 2.38. The monoisotopic (exact) mass is 279 g/mol. The average molecular weight is 279 g/mol. The highest BCUT2D eigenvalue weighted by Crippen LogP contribution is 2.10. The van der Waals surface area contributed by atoms with Crippen LogP contribution >= 0.6 is 0 Å². The van der Waals surface area contributed by atoms with Crippen molar-refractivity contribution in [2.24, 2.45) is 5.84 Å². The van der Waals surface area contributed by atoms with Gasteiger partial charge in [0, 0.05) is 12.6 Å². The minimum absolute atomic E-state index is 0.110. The summed E-state index contributed by atoms with van der Waals surface area (Å²) in [4.78, 5) is 16.3. The van der Waals surface area contributed by atoms with E-state index in [4.69, 9.17) is 10.9 Å². The maximum atomic E-state index is 8.82. The van der Waals surface area contributed by atoms with Gasteiger partial charge in [-0.3, -0.25) is 5.43 Å². The summed E-state index contributed by atoms with van der Waals surface area (Å²) in [6.07, 6.45) is 4.37. The number of hydrazine groups is 1. The summed E-state index contributed by atoms with van der Waals surface area (Å²) in [7, 11) is 0. The van der Waals surface area contributed by atoms with E-state index in [0.717, 1.165) is 6.42 Å². The number of hydrogen-bond acceptors (Lipinski definition) is 9. The SMILES string of the molecule is CC(CCCO)Nc1nc(NN)nc(-n2cncn2)n1. The van der Waals surface area contributed by atoms with Crippen molar-refractivity contribution in [3.8, 4) is 5.95 Å². The zero-order valence-electron chi connectivity index (χ0n) is 11.1. The number of nitrogens with zero attached hydrogens (tertiary/aromatic N) is 6. The van der Waals surface area contributed by atoms with Gasteiger partial charge in [0.05, 0.1) is 0 Å². The van der Waals surface area contributed by atoms with E-state index >= 15 is 0 Å². The quantitative estimate of drug-likeness (QED) is 0.383. The molecule has 0 aliphatic heterocycles. The first-order valence-corrected chi connectivity index (χ1v) is 6.18. The molecule has 0 spiro atoms. The third-order valence-electron chi connectivity index (χ3n) is 2.55. The molecule has 5 N–H and O–H groups in total. The molecule has 2 heterocycles. The number of anilines is 2. The third kappa shape index (κ3) is 3.59. The average Bonchev–Trinajstić information content (AvgIpc) is 2.99. The van der Waals surface area contributed by atoms with Gasteiger partial charge in [0.1, 0.15) is 12.7 Å². The van der Waals surface area contributed by atoms with Gasteiger partial charge in [-0.25, -0.2) is 10.8 Å². The summed E-state index contributed by atoms with van der Waals surface area (Å²) in [5.74, 6) is 6.25. The second kappa shape index (κ2) is 6.73. The molecule has 0 aliphatic carbocycles. The number of aliphatic hydroxyl groups is 1. The van der Waals surface area contributed by atoms with E-state index in [9.17, 15) is 0 Å². The van der Waals surface area contributed by atoms with Crippen LogP contribution in [0.15, 0.2) is 12.7 Å². The normalized spacial score (nSPS) is 12.2. The molecule has 2 rings (SSSR count). The molecule has 10 heteroatoms. The van der Waals surface area contributed by atoms with Crippen molar-refractivity contribution < 1.29 is 5.11 Å². The third-order valence-corrected chi connectivity index (χ3v) is 2.55. The lowest BCUT2D eigenvalue weighted by Gasteiger charge is -2.14. The van der Waals surface area contributed by atoms with E-state index in [-0.39, 0.29) is 18.6 Å². The summed E-state index contributed by atoms with van der Waals surface area (Å²) in [5, 5.41) is 15.9. The fraction of sp³-hybridized carbons (Fsp3) is 0.500. The molecule has 1 unspecified atom stereocenters. The standard InChI is InChI=1S/C10H17N9O/c1-7(3-2-4-20)14-8-15-9(18-11)17-10(16-8)19-6-12-5-13-19/h5-7,20H,2-4,11H2,1H3,(H2,14,15,16,17,18). The number of nitrogens with two attached hydrogens (primary N) is 1. The Labute approximate surface area is 115 Å². The molecule has 0 saturated carbocycles. The Morgan fingerprint density at radius 3 is 2.80 bits per heavy atom. The summed E-state index contributed by atoms with van der Waals surface area (Å²) in [6.45, 7) is 2.13. The number of rotatable bonds is 7. The summed E-state index contributed by atoms with van der Waals surface area (Å²) in [6, 6.07) is 0.110. The number of nitrogen functional groups attached to an aromatic ring is 1. The van der Waals surface area contributed by atoms with Crippen molar-refractivity contribution in [1.82, 2.24) is 29.7 Å². The Hall–Kier alpha value is -2.33. The van der Waals surface area contributed by atoms with Gasteiger partial charge in [0.2, 0.25) is 11.9 Å². The van der Waals surface area contributed by atoms with Gasteiger partial charge >= 0.3 is 0 Å². The van der Waals surface area contributed by atoms with Gasteiger partial charge < -0.3 is 10.4 Å². The summed E-state index contributed by atoms with van der Waals surface area (Å²) >= 11 is 0. The van der Waals surface area contributed by atoms with E-state index in [1.807, 2.05) is 6.92 Å². The van der Waals surface area contributed by atoms with E-state index in [2.05, 4.69) is 35.8 Å². The largest absolute Gasteiger partial charge is 0.396 e. The Morgan fingerprint density at radius 2 is 2.15 bits per heavy atom. The lowest BCUT2D eigenvalue weighted by Crippen LogP contribution is -2.20. The van der Waals surface area contributed by atoms with Crippen LogP contribution in [0.5, 0.6) is 0 Å². The molecule has 0 aliphatic rings. The first-order chi connectivity index (χ1) is 9.72. The maximum Gasteiger partial charge on any atom is 0.258 e. The molecule has 0 aromatic carbocycles. The number of nitrogens with one attached hydrogen (secondary N) is 2. The van der Waals surface area contributed by atoms with Crippen molar-refractivity contribution >= 4 is 11.9 Å². The van der Waals surface area contributed by atoms with Crippen molar-refractivity contribution in [1.29, 1.82) is 0 Å². The molecule has 20 heavy (non-hydrogen) atoms. The van der Waals surface area contributed by atoms with Crippen molar-refractivity contribution in [2.75, 3.05) is 17.3 Å². The zero-order valence-corrected chi connectivity index (χ0v) is 11.1. The minimum Gasteiger partial charge on any atom is -0.396 e. The van der Waals surface area contributed by atoms with Crippen molar-refractivity contribution in [2.45, 2.75) is 25.8 Å². The van der Waals surface area contributed by atoms with Crippen molar-refractivity contribution in [3.05, 3.63) is 12.7 Å². The molecular weight excluding hydrogens is 262 g/mol. The molecule has 1 atom stereocenters. The number of hydrogen-bond donors (Lipinski definition) is 4. The molecule has 0 radical (unpaired) electrons. The van der Waals surface area contributed by atoms with Crippen LogP contribution in [0.4, 0.5) is 11.9 Å². The van der Waals surface area contributed by atoms with Crippen LogP contribution in [-0.4, -0.2) is 47.5 Å². The molecule has 0 saturated heterocycles. The van der Waals surface area contributed by atoms with Gasteiger partial charge in [0.15, 0.2) is 0 Å². The predicted molar refractivity (Wildman–Crippen MR) is 72.0 cm³/mol. The highest BCUT2D eigenvalue weighted by Gasteiger charge is 2.10. The smallest absolute Gasteiger partial charge is 0.258 e. The second-order valence-corrected chi connectivity index (χ2v) is 4.18. The van der Waals surface area contributed by atoms with E-state index < -0.39 is 0 Å². The van der Waals surface area contributed by atoms with Crippen molar-refractivity contribution in [3.63, 3.8) is 0 Å². The Kier molecular flexibility index (Phi) is 4.74.